The number of aromatic nitrogens is 6. The highest BCUT2D eigenvalue weighted by Gasteiger charge is 2.13. The third kappa shape index (κ3) is 2.50. The summed E-state index contributed by atoms with van der Waals surface area (Å²) in [5, 5.41) is 11.1. The van der Waals surface area contributed by atoms with Crippen LogP contribution in [0.4, 0.5) is 0 Å². The van der Waals surface area contributed by atoms with Gasteiger partial charge in [-0.3, -0.25) is 9.36 Å². The van der Waals surface area contributed by atoms with E-state index in [1.807, 2.05) is 35.7 Å². The Kier molecular flexibility index (Phi) is 3.66. The van der Waals surface area contributed by atoms with Crippen molar-refractivity contribution in [2.45, 2.75) is 19.9 Å². The maximum absolute atomic E-state index is 12.6. The Labute approximate surface area is 141 Å². The normalized spacial score (nSPS) is 11.2. The molecule has 0 saturated heterocycles. The number of rotatable bonds is 4. The highest BCUT2D eigenvalue weighted by atomic mass is 32.1. The third-order valence-electron chi connectivity index (χ3n) is 3.66. The average Bonchev–Trinajstić information content (AvgIpc) is 3.25. The fraction of sp³-hybridized carbons (Fsp3) is 0.188. The number of aryl methyl sites for hydroxylation is 1. The second-order valence-electron chi connectivity index (χ2n) is 5.27. The molecule has 8 heteroatoms. The van der Waals surface area contributed by atoms with Crippen molar-refractivity contribution in [3.05, 3.63) is 63.1 Å². The molecule has 0 bridgehead atoms. The largest absolute Gasteiger partial charge is 0.291 e. The molecule has 24 heavy (non-hydrogen) atoms. The van der Waals surface area contributed by atoms with Crippen LogP contribution in [0, 0.1) is 0 Å². The fourth-order valence-corrected chi connectivity index (χ4v) is 3.19. The van der Waals surface area contributed by atoms with E-state index < -0.39 is 0 Å². The molecule has 0 unspecified atom stereocenters. The first-order chi connectivity index (χ1) is 11.8. The molecule has 3 aromatic heterocycles. The summed E-state index contributed by atoms with van der Waals surface area (Å²) in [7, 11) is 0. The molecular formula is C16H14N6OS. The Balaban J connectivity index is 1.75. The summed E-state index contributed by atoms with van der Waals surface area (Å²) in [6, 6.07) is 9.50. The van der Waals surface area contributed by atoms with E-state index in [1.165, 1.54) is 10.9 Å². The maximum atomic E-state index is 12.6. The second kappa shape index (κ2) is 5.97. The summed E-state index contributed by atoms with van der Waals surface area (Å²) in [4.78, 5) is 21.5. The fourth-order valence-electron chi connectivity index (χ4n) is 2.46. The predicted octanol–water partition coefficient (Wildman–Crippen LogP) is 2.04. The number of hydrogen-bond acceptors (Lipinski definition) is 6. The monoisotopic (exact) mass is 338 g/mol. The highest BCUT2D eigenvalue weighted by molar-refractivity contribution is 7.09. The third-order valence-corrected chi connectivity index (χ3v) is 4.71. The van der Waals surface area contributed by atoms with Crippen LogP contribution in [0.3, 0.4) is 0 Å². The second-order valence-corrected chi connectivity index (χ2v) is 6.22. The van der Waals surface area contributed by atoms with Gasteiger partial charge in [-0.25, -0.2) is 9.97 Å². The summed E-state index contributed by atoms with van der Waals surface area (Å²) in [5.41, 5.74) is 2.17. The molecule has 4 aromatic rings. The first-order valence-electron chi connectivity index (χ1n) is 7.56. The van der Waals surface area contributed by atoms with Gasteiger partial charge in [-0.15, -0.1) is 16.4 Å². The van der Waals surface area contributed by atoms with E-state index in [9.17, 15) is 4.79 Å². The van der Waals surface area contributed by atoms with Gasteiger partial charge in [0.2, 0.25) is 0 Å². The van der Waals surface area contributed by atoms with Gasteiger partial charge >= 0.3 is 0 Å². The molecule has 0 aliphatic rings. The zero-order chi connectivity index (χ0) is 16.5. The lowest BCUT2D eigenvalue weighted by Crippen LogP contribution is -2.21. The quantitative estimate of drug-likeness (QED) is 0.569. The highest BCUT2D eigenvalue weighted by Crippen LogP contribution is 2.13. The molecule has 7 nitrogen and oxygen atoms in total. The van der Waals surface area contributed by atoms with E-state index in [2.05, 4.69) is 27.2 Å². The number of hydrogen-bond donors (Lipinski definition) is 0. The molecule has 0 radical (unpaired) electrons. The minimum atomic E-state index is -0.215. The van der Waals surface area contributed by atoms with Gasteiger partial charge in [0.05, 0.1) is 22.9 Å². The van der Waals surface area contributed by atoms with E-state index >= 15 is 0 Å². The zero-order valence-electron chi connectivity index (χ0n) is 13.0. The molecule has 3 heterocycles. The molecule has 0 atom stereocenters. The van der Waals surface area contributed by atoms with Crippen molar-refractivity contribution in [3.8, 4) is 5.69 Å². The minimum absolute atomic E-state index is 0.215. The van der Waals surface area contributed by atoms with Gasteiger partial charge in [0.1, 0.15) is 6.33 Å². The number of thiazole rings is 1. The van der Waals surface area contributed by atoms with Gasteiger partial charge in [0.15, 0.2) is 11.2 Å². The van der Waals surface area contributed by atoms with Gasteiger partial charge in [-0.1, -0.05) is 30.3 Å². The number of benzene rings is 1. The molecule has 0 spiro atoms. The van der Waals surface area contributed by atoms with Crippen molar-refractivity contribution in [2.24, 2.45) is 0 Å². The zero-order valence-corrected chi connectivity index (χ0v) is 13.8. The van der Waals surface area contributed by atoms with E-state index in [-0.39, 0.29) is 11.1 Å². The van der Waals surface area contributed by atoms with Crippen molar-refractivity contribution in [3.63, 3.8) is 0 Å². The Hall–Kier alpha value is -2.87. The van der Waals surface area contributed by atoms with E-state index in [0.29, 0.717) is 12.2 Å². The van der Waals surface area contributed by atoms with Crippen LogP contribution in [0.15, 0.2) is 46.8 Å². The maximum Gasteiger partial charge on any atom is 0.283 e. The lowest BCUT2D eigenvalue weighted by Gasteiger charge is -2.03. The topological polar surface area (TPSA) is 78.5 Å². The van der Waals surface area contributed by atoms with Gasteiger partial charge < -0.3 is 0 Å². The SMILES string of the molecule is CCc1nc(Cn2cnc3c(nnn3-c3ccccc3)c2=O)cs1. The molecule has 1 aromatic carbocycles. The molecule has 4 rings (SSSR count). The minimum Gasteiger partial charge on any atom is -0.291 e. The Morgan fingerprint density at radius 3 is 2.79 bits per heavy atom. The van der Waals surface area contributed by atoms with E-state index in [1.54, 1.807) is 16.0 Å². The van der Waals surface area contributed by atoms with Crippen LogP contribution in [-0.4, -0.2) is 29.5 Å². The first-order valence-corrected chi connectivity index (χ1v) is 8.44. The molecular weight excluding hydrogens is 324 g/mol. The van der Waals surface area contributed by atoms with Crippen molar-refractivity contribution in [1.82, 2.24) is 29.5 Å². The molecule has 0 saturated carbocycles. The Morgan fingerprint density at radius 2 is 2.04 bits per heavy atom. The average molecular weight is 338 g/mol. The van der Waals surface area contributed by atoms with Gasteiger partial charge in [-0.2, -0.15) is 4.68 Å². The van der Waals surface area contributed by atoms with Crippen molar-refractivity contribution < 1.29 is 0 Å². The molecule has 0 fully saturated rings. The number of para-hydroxylation sites is 1. The molecule has 0 amide bonds. The van der Waals surface area contributed by atoms with Gasteiger partial charge in [0.25, 0.3) is 5.56 Å². The van der Waals surface area contributed by atoms with Crippen LogP contribution in [0.25, 0.3) is 16.9 Å². The summed E-state index contributed by atoms with van der Waals surface area (Å²) in [6.45, 7) is 2.45. The Bertz CT molecular complexity index is 1050. The van der Waals surface area contributed by atoms with Crippen molar-refractivity contribution >= 4 is 22.5 Å². The molecule has 0 aliphatic carbocycles. The lowest BCUT2D eigenvalue weighted by molar-refractivity contribution is 0.728. The smallest absolute Gasteiger partial charge is 0.283 e. The van der Waals surface area contributed by atoms with Crippen molar-refractivity contribution in [1.29, 1.82) is 0 Å². The van der Waals surface area contributed by atoms with E-state index in [0.717, 1.165) is 22.8 Å². The van der Waals surface area contributed by atoms with Crippen LogP contribution in [0.2, 0.25) is 0 Å². The summed E-state index contributed by atoms with van der Waals surface area (Å²) in [6.07, 6.45) is 2.42. The van der Waals surface area contributed by atoms with Gasteiger partial charge in [-0.05, 0) is 18.6 Å². The lowest BCUT2D eigenvalue weighted by atomic mass is 10.3. The van der Waals surface area contributed by atoms with Crippen LogP contribution < -0.4 is 5.56 Å². The van der Waals surface area contributed by atoms with Crippen LogP contribution in [-0.2, 0) is 13.0 Å². The van der Waals surface area contributed by atoms with Gasteiger partial charge in [0, 0.05) is 5.38 Å². The van der Waals surface area contributed by atoms with Crippen LogP contribution in [0.1, 0.15) is 17.6 Å². The van der Waals surface area contributed by atoms with E-state index in [4.69, 9.17) is 0 Å². The van der Waals surface area contributed by atoms with Crippen LogP contribution in [0.5, 0.6) is 0 Å². The standard InChI is InChI=1S/C16H14N6OS/c1-2-13-18-11(9-24-13)8-21-10-17-15-14(16(21)23)19-20-22(15)12-6-4-3-5-7-12/h3-7,9-10H,2,8H2,1H3. The molecule has 0 N–H and O–H groups in total. The predicted molar refractivity (Wildman–Crippen MR) is 91.5 cm³/mol. The van der Waals surface area contributed by atoms with Crippen molar-refractivity contribution in [2.75, 3.05) is 0 Å². The molecule has 0 aliphatic heterocycles. The summed E-state index contributed by atoms with van der Waals surface area (Å²) < 4.78 is 3.08. The Morgan fingerprint density at radius 1 is 1.21 bits per heavy atom. The molecule has 120 valence electrons. The first kappa shape index (κ1) is 14.7. The number of fused-ring (bicyclic) bond motifs is 1. The summed E-state index contributed by atoms with van der Waals surface area (Å²) >= 11 is 1.60. The van der Waals surface area contributed by atoms with Crippen LogP contribution >= 0.6 is 11.3 Å². The summed E-state index contributed by atoms with van der Waals surface area (Å²) in [5.74, 6) is 0. The number of nitrogens with zero attached hydrogens (tertiary/aromatic N) is 6.